The molecule has 9 nitrogen and oxygen atoms in total. The summed E-state index contributed by atoms with van der Waals surface area (Å²) < 4.78 is 16.1. The van der Waals surface area contributed by atoms with Gasteiger partial charge in [-0.05, 0) is 24.1 Å². The van der Waals surface area contributed by atoms with Gasteiger partial charge in [-0.2, -0.15) is 0 Å². The number of ether oxygens (including phenoxy) is 3. The van der Waals surface area contributed by atoms with Crippen molar-refractivity contribution in [3.8, 4) is 17.2 Å². The third-order valence-corrected chi connectivity index (χ3v) is 4.03. The third kappa shape index (κ3) is 3.47. The molecule has 0 saturated carbocycles. The molecule has 0 amide bonds. The first-order chi connectivity index (χ1) is 12.5. The molecule has 26 heavy (non-hydrogen) atoms. The second-order valence-electron chi connectivity index (χ2n) is 5.83. The smallest absolute Gasteiger partial charge is 0.203 e. The van der Waals surface area contributed by atoms with Gasteiger partial charge in [0, 0.05) is 12.5 Å². The van der Waals surface area contributed by atoms with E-state index in [9.17, 15) is 0 Å². The van der Waals surface area contributed by atoms with Crippen LogP contribution in [0.4, 0.5) is 5.82 Å². The predicted octanol–water partition coefficient (Wildman–Crippen LogP) is 1.07. The van der Waals surface area contributed by atoms with Crippen molar-refractivity contribution in [3.05, 3.63) is 29.8 Å². The number of hydrogen-bond donors (Lipinski definition) is 3. The highest BCUT2D eigenvalue weighted by Crippen LogP contribution is 2.38. The van der Waals surface area contributed by atoms with E-state index in [0.29, 0.717) is 52.9 Å². The van der Waals surface area contributed by atoms with E-state index < -0.39 is 0 Å². The number of nitrogens with zero attached hydrogens (tertiary/aromatic N) is 3. The fourth-order valence-electron chi connectivity index (χ4n) is 2.86. The Morgan fingerprint density at radius 2 is 1.73 bits per heavy atom. The van der Waals surface area contributed by atoms with Crippen molar-refractivity contribution in [1.82, 2.24) is 19.9 Å². The van der Waals surface area contributed by atoms with Crippen LogP contribution in [-0.2, 0) is 12.8 Å². The van der Waals surface area contributed by atoms with E-state index in [2.05, 4.69) is 19.9 Å². The summed E-state index contributed by atoms with van der Waals surface area (Å²) in [6.45, 7) is 0. The van der Waals surface area contributed by atoms with Gasteiger partial charge in [0.2, 0.25) is 5.75 Å². The van der Waals surface area contributed by atoms with Crippen LogP contribution < -0.4 is 25.7 Å². The summed E-state index contributed by atoms with van der Waals surface area (Å²) in [7, 11) is 4.73. The summed E-state index contributed by atoms with van der Waals surface area (Å²) in [5.74, 6) is 2.65. The number of hydrogen-bond acceptors (Lipinski definition) is 8. The number of nitrogens with two attached hydrogens (primary N) is 2. The minimum atomic E-state index is -0.214. The summed E-state index contributed by atoms with van der Waals surface area (Å²) in [6, 6.07) is 3.55. The zero-order valence-corrected chi connectivity index (χ0v) is 14.9. The first-order valence-corrected chi connectivity index (χ1v) is 8.05. The number of benzene rings is 1. The van der Waals surface area contributed by atoms with Crippen LogP contribution in [0.25, 0.3) is 11.2 Å². The molecule has 3 aromatic rings. The van der Waals surface area contributed by atoms with Crippen molar-refractivity contribution < 1.29 is 14.2 Å². The van der Waals surface area contributed by atoms with Crippen LogP contribution >= 0.6 is 0 Å². The topological polar surface area (TPSA) is 134 Å². The standard InChI is InChI=1S/C17H22N6O3/c1-24-11-5-9(6-12(25-2)15(11)26-3)4-10(18)7-13-22-16(19)14-17(23-13)21-8-20-14/h5-6,8,10H,4,7,18H2,1-3H3,(H3,19,20,21,22,23). The Morgan fingerprint density at radius 1 is 1.04 bits per heavy atom. The number of nitrogens with one attached hydrogen (secondary N) is 1. The Balaban J connectivity index is 1.79. The van der Waals surface area contributed by atoms with Crippen molar-refractivity contribution >= 4 is 17.0 Å². The number of methoxy groups -OCH3 is 3. The molecule has 0 saturated heterocycles. The number of H-pyrrole nitrogens is 1. The monoisotopic (exact) mass is 358 g/mol. The van der Waals surface area contributed by atoms with Gasteiger partial charge in [0.25, 0.3) is 0 Å². The van der Waals surface area contributed by atoms with E-state index in [1.165, 1.54) is 6.33 Å². The molecule has 0 aliphatic carbocycles. The fourth-order valence-corrected chi connectivity index (χ4v) is 2.86. The van der Waals surface area contributed by atoms with E-state index in [1.54, 1.807) is 21.3 Å². The molecule has 5 N–H and O–H groups in total. The molecule has 0 bridgehead atoms. The molecule has 1 atom stereocenters. The molecule has 1 aromatic carbocycles. The maximum atomic E-state index is 6.30. The molecule has 1 unspecified atom stereocenters. The number of fused-ring (bicyclic) bond motifs is 1. The van der Waals surface area contributed by atoms with Crippen LogP contribution in [0, 0.1) is 0 Å². The van der Waals surface area contributed by atoms with E-state index in [-0.39, 0.29) is 6.04 Å². The lowest BCUT2D eigenvalue weighted by Crippen LogP contribution is -2.26. The van der Waals surface area contributed by atoms with Gasteiger partial charge in [-0.3, -0.25) is 0 Å². The Kier molecular flexibility index (Phi) is 5.08. The van der Waals surface area contributed by atoms with Crippen molar-refractivity contribution in [3.63, 3.8) is 0 Å². The molecule has 0 radical (unpaired) electrons. The molecule has 3 rings (SSSR count). The van der Waals surface area contributed by atoms with Gasteiger partial charge in [0.05, 0.1) is 27.7 Å². The van der Waals surface area contributed by atoms with Gasteiger partial charge < -0.3 is 30.7 Å². The SMILES string of the molecule is COc1cc(CC(N)Cc2nc(N)c3[nH]cnc3n2)cc(OC)c1OC. The van der Waals surface area contributed by atoms with E-state index in [4.69, 9.17) is 25.7 Å². The quantitative estimate of drug-likeness (QED) is 0.571. The van der Waals surface area contributed by atoms with Crippen molar-refractivity contribution in [2.75, 3.05) is 27.1 Å². The minimum absolute atomic E-state index is 0.214. The van der Waals surface area contributed by atoms with Gasteiger partial charge in [-0.25, -0.2) is 15.0 Å². The number of nitrogen functional groups attached to an aromatic ring is 1. The average molecular weight is 358 g/mol. The summed E-state index contributed by atoms with van der Waals surface area (Å²) in [4.78, 5) is 15.7. The van der Waals surface area contributed by atoms with Gasteiger partial charge in [-0.1, -0.05) is 0 Å². The summed E-state index contributed by atoms with van der Waals surface area (Å²) in [5, 5.41) is 0. The van der Waals surface area contributed by atoms with Gasteiger partial charge in [0.1, 0.15) is 11.3 Å². The van der Waals surface area contributed by atoms with Crippen molar-refractivity contribution in [1.29, 1.82) is 0 Å². The molecule has 0 spiro atoms. The molecular weight excluding hydrogens is 336 g/mol. The predicted molar refractivity (Wildman–Crippen MR) is 97.6 cm³/mol. The molecule has 2 heterocycles. The molecule has 0 aliphatic rings. The summed E-state index contributed by atoms with van der Waals surface area (Å²) >= 11 is 0. The zero-order valence-electron chi connectivity index (χ0n) is 14.9. The number of aromatic nitrogens is 4. The normalized spacial score (nSPS) is 12.2. The first-order valence-electron chi connectivity index (χ1n) is 8.05. The highest BCUT2D eigenvalue weighted by atomic mass is 16.5. The summed E-state index contributed by atoms with van der Waals surface area (Å²) in [6.07, 6.45) is 2.58. The Labute approximate surface area is 150 Å². The van der Waals surface area contributed by atoms with Crippen LogP contribution in [0.15, 0.2) is 18.5 Å². The second kappa shape index (κ2) is 7.44. The summed E-state index contributed by atoms with van der Waals surface area (Å²) in [5.41, 5.74) is 14.4. The lowest BCUT2D eigenvalue weighted by Gasteiger charge is -2.16. The number of anilines is 1. The maximum absolute atomic E-state index is 6.30. The lowest BCUT2D eigenvalue weighted by atomic mass is 10.0. The van der Waals surface area contributed by atoms with Gasteiger partial charge in [-0.15, -0.1) is 0 Å². The van der Waals surface area contributed by atoms with Crippen molar-refractivity contribution in [2.24, 2.45) is 5.73 Å². The number of imidazole rings is 1. The number of aromatic amines is 1. The van der Waals surface area contributed by atoms with E-state index >= 15 is 0 Å². The van der Waals surface area contributed by atoms with Crippen LogP contribution in [0.2, 0.25) is 0 Å². The van der Waals surface area contributed by atoms with Crippen LogP contribution in [0.5, 0.6) is 17.2 Å². The molecule has 2 aromatic heterocycles. The highest BCUT2D eigenvalue weighted by Gasteiger charge is 2.16. The highest BCUT2D eigenvalue weighted by molar-refractivity contribution is 5.80. The maximum Gasteiger partial charge on any atom is 0.203 e. The first kappa shape index (κ1) is 17.7. The molecule has 138 valence electrons. The average Bonchev–Trinajstić information content (AvgIpc) is 3.09. The Morgan fingerprint density at radius 3 is 2.35 bits per heavy atom. The molecular formula is C17H22N6O3. The van der Waals surface area contributed by atoms with Gasteiger partial charge in [0.15, 0.2) is 23.0 Å². The fraction of sp³-hybridized carbons (Fsp3) is 0.353. The van der Waals surface area contributed by atoms with Crippen LogP contribution in [0.3, 0.4) is 0 Å². The van der Waals surface area contributed by atoms with Crippen LogP contribution in [0.1, 0.15) is 11.4 Å². The number of rotatable bonds is 7. The Bertz CT molecular complexity index is 886. The van der Waals surface area contributed by atoms with E-state index in [1.807, 2.05) is 12.1 Å². The Hall–Kier alpha value is -3.07. The largest absolute Gasteiger partial charge is 0.493 e. The van der Waals surface area contributed by atoms with E-state index in [0.717, 1.165) is 5.56 Å². The lowest BCUT2D eigenvalue weighted by molar-refractivity contribution is 0.323. The van der Waals surface area contributed by atoms with Crippen molar-refractivity contribution in [2.45, 2.75) is 18.9 Å². The van der Waals surface area contributed by atoms with Gasteiger partial charge >= 0.3 is 0 Å². The van der Waals surface area contributed by atoms with Crippen LogP contribution in [-0.4, -0.2) is 47.3 Å². The zero-order chi connectivity index (χ0) is 18.7. The molecule has 0 aliphatic heterocycles. The third-order valence-electron chi connectivity index (χ3n) is 4.03. The molecule has 0 fully saturated rings. The molecule has 9 heteroatoms. The minimum Gasteiger partial charge on any atom is -0.493 e. The second-order valence-corrected chi connectivity index (χ2v) is 5.83.